The van der Waals surface area contributed by atoms with E-state index in [0.29, 0.717) is 17.0 Å². The minimum absolute atomic E-state index is 0.0851. The number of hydrogen-bond donors (Lipinski definition) is 1. The molecule has 0 bridgehead atoms. The molecule has 0 heterocycles. The standard InChI is InChI=1S/C23H29NO4/c1-15(2)28-22(26)17-8-10-18(11-9-17)24-21(25)14-27-20-12-7-16(3)13-19(20)23(4,5)6/h7-13,15H,14H2,1-6H3,(H,24,25). The minimum Gasteiger partial charge on any atom is -0.483 e. The lowest BCUT2D eigenvalue weighted by atomic mass is 9.85. The fraction of sp³-hybridized carbons (Fsp3) is 0.391. The molecular weight excluding hydrogens is 354 g/mol. The van der Waals surface area contributed by atoms with Gasteiger partial charge in [0.05, 0.1) is 11.7 Å². The molecule has 0 radical (unpaired) electrons. The van der Waals surface area contributed by atoms with Crippen LogP contribution in [0.3, 0.4) is 0 Å². The van der Waals surface area contributed by atoms with Gasteiger partial charge in [0.15, 0.2) is 6.61 Å². The third kappa shape index (κ3) is 6.12. The molecule has 5 nitrogen and oxygen atoms in total. The highest BCUT2D eigenvalue weighted by Crippen LogP contribution is 2.32. The summed E-state index contributed by atoms with van der Waals surface area (Å²) in [6, 6.07) is 12.5. The quantitative estimate of drug-likeness (QED) is 0.723. The molecule has 1 amide bonds. The molecule has 2 aromatic carbocycles. The molecule has 2 aromatic rings. The van der Waals surface area contributed by atoms with Crippen LogP contribution in [-0.2, 0) is 14.9 Å². The maximum absolute atomic E-state index is 12.3. The Bertz CT molecular complexity index is 833. The molecule has 0 aliphatic heterocycles. The third-order valence-electron chi connectivity index (χ3n) is 4.05. The van der Waals surface area contributed by atoms with Crippen LogP contribution in [-0.4, -0.2) is 24.6 Å². The van der Waals surface area contributed by atoms with E-state index in [9.17, 15) is 9.59 Å². The van der Waals surface area contributed by atoms with E-state index in [1.165, 1.54) is 0 Å². The molecule has 0 aromatic heterocycles. The predicted molar refractivity (Wildman–Crippen MR) is 111 cm³/mol. The topological polar surface area (TPSA) is 64.6 Å². The lowest BCUT2D eigenvalue weighted by Gasteiger charge is -2.23. The van der Waals surface area contributed by atoms with Crippen molar-refractivity contribution in [3.63, 3.8) is 0 Å². The number of amides is 1. The van der Waals surface area contributed by atoms with E-state index in [1.807, 2.05) is 19.1 Å². The van der Waals surface area contributed by atoms with E-state index in [1.54, 1.807) is 38.1 Å². The number of carbonyl (C=O) groups excluding carboxylic acids is 2. The minimum atomic E-state index is -0.384. The summed E-state index contributed by atoms with van der Waals surface area (Å²) in [5, 5.41) is 2.77. The molecule has 2 rings (SSSR count). The number of aryl methyl sites for hydroxylation is 1. The van der Waals surface area contributed by atoms with Crippen LogP contribution in [0.2, 0.25) is 0 Å². The van der Waals surface area contributed by atoms with Crippen molar-refractivity contribution in [2.24, 2.45) is 0 Å². The van der Waals surface area contributed by atoms with Crippen molar-refractivity contribution in [2.45, 2.75) is 53.1 Å². The van der Waals surface area contributed by atoms with Gasteiger partial charge in [-0.1, -0.05) is 38.5 Å². The highest BCUT2D eigenvalue weighted by Gasteiger charge is 2.19. The van der Waals surface area contributed by atoms with Crippen molar-refractivity contribution < 1.29 is 19.1 Å². The smallest absolute Gasteiger partial charge is 0.338 e. The second kappa shape index (κ2) is 8.91. The Hall–Kier alpha value is -2.82. The van der Waals surface area contributed by atoms with Crippen LogP contribution >= 0.6 is 0 Å². The van der Waals surface area contributed by atoms with Gasteiger partial charge in [-0.3, -0.25) is 4.79 Å². The summed E-state index contributed by atoms with van der Waals surface area (Å²) >= 11 is 0. The van der Waals surface area contributed by atoms with Crippen LogP contribution in [0, 0.1) is 6.92 Å². The number of rotatable bonds is 6. The van der Waals surface area contributed by atoms with Crippen LogP contribution in [0.15, 0.2) is 42.5 Å². The number of anilines is 1. The van der Waals surface area contributed by atoms with Gasteiger partial charge in [-0.2, -0.15) is 0 Å². The molecule has 0 saturated carbocycles. The van der Waals surface area contributed by atoms with Gasteiger partial charge in [-0.05, 0) is 62.1 Å². The maximum Gasteiger partial charge on any atom is 0.338 e. The van der Waals surface area contributed by atoms with Gasteiger partial charge in [0, 0.05) is 5.69 Å². The van der Waals surface area contributed by atoms with Crippen LogP contribution in [0.5, 0.6) is 5.75 Å². The van der Waals surface area contributed by atoms with Crippen LogP contribution in [0.25, 0.3) is 0 Å². The number of hydrogen-bond acceptors (Lipinski definition) is 4. The van der Waals surface area contributed by atoms with Gasteiger partial charge < -0.3 is 14.8 Å². The zero-order chi connectivity index (χ0) is 20.9. The number of esters is 1. The van der Waals surface area contributed by atoms with Crippen molar-refractivity contribution >= 4 is 17.6 Å². The van der Waals surface area contributed by atoms with Gasteiger partial charge in [-0.15, -0.1) is 0 Å². The first-order valence-corrected chi connectivity index (χ1v) is 9.41. The Balaban J connectivity index is 1.97. The molecular formula is C23H29NO4. The first-order valence-electron chi connectivity index (χ1n) is 9.41. The Morgan fingerprint density at radius 3 is 2.25 bits per heavy atom. The van der Waals surface area contributed by atoms with Crippen molar-refractivity contribution in [1.29, 1.82) is 0 Å². The molecule has 0 spiro atoms. The molecule has 1 N–H and O–H groups in total. The molecule has 150 valence electrons. The van der Waals surface area contributed by atoms with Crippen LogP contribution < -0.4 is 10.1 Å². The van der Waals surface area contributed by atoms with E-state index in [0.717, 1.165) is 11.1 Å². The van der Waals surface area contributed by atoms with Gasteiger partial charge in [0.1, 0.15) is 5.75 Å². The number of carbonyl (C=O) groups is 2. The first kappa shape index (κ1) is 21.5. The molecule has 0 aliphatic carbocycles. The Kier molecular flexibility index (Phi) is 6.84. The lowest BCUT2D eigenvalue weighted by molar-refractivity contribution is -0.118. The van der Waals surface area contributed by atoms with Gasteiger partial charge in [0.25, 0.3) is 5.91 Å². The SMILES string of the molecule is Cc1ccc(OCC(=O)Nc2ccc(C(=O)OC(C)C)cc2)c(C(C)(C)C)c1. The van der Waals surface area contributed by atoms with E-state index >= 15 is 0 Å². The molecule has 5 heteroatoms. The highest BCUT2D eigenvalue weighted by atomic mass is 16.5. The number of benzene rings is 2. The average Bonchev–Trinajstić information content (AvgIpc) is 2.60. The Morgan fingerprint density at radius 1 is 1.04 bits per heavy atom. The predicted octanol–water partition coefficient (Wildman–Crippen LogP) is 4.88. The van der Waals surface area contributed by atoms with Gasteiger partial charge in [-0.25, -0.2) is 4.79 Å². The summed E-state index contributed by atoms with van der Waals surface area (Å²) in [6.07, 6.45) is -0.177. The molecule has 0 unspecified atom stereocenters. The molecule has 0 saturated heterocycles. The van der Waals surface area contributed by atoms with E-state index in [4.69, 9.17) is 9.47 Å². The summed E-state index contributed by atoms with van der Waals surface area (Å²) in [7, 11) is 0. The van der Waals surface area contributed by atoms with Crippen LogP contribution in [0.1, 0.15) is 56.1 Å². The molecule has 0 fully saturated rings. The lowest BCUT2D eigenvalue weighted by Crippen LogP contribution is -2.22. The summed E-state index contributed by atoms with van der Waals surface area (Å²) in [6.45, 7) is 11.9. The summed E-state index contributed by atoms with van der Waals surface area (Å²) < 4.78 is 10.9. The molecule has 0 atom stereocenters. The Labute approximate surface area is 167 Å². The first-order chi connectivity index (χ1) is 13.1. The summed E-state index contributed by atoms with van der Waals surface area (Å²) in [4.78, 5) is 24.1. The maximum atomic E-state index is 12.3. The normalized spacial score (nSPS) is 11.2. The summed E-state index contributed by atoms with van der Waals surface area (Å²) in [5.41, 5.74) is 3.16. The van der Waals surface area contributed by atoms with Crippen LogP contribution in [0.4, 0.5) is 5.69 Å². The second-order valence-corrected chi connectivity index (χ2v) is 8.12. The van der Waals surface area contributed by atoms with Gasteiger partial charge >= 0.3 is 5.97 Å². The van der Waals surface area contributed by atoms with E-state index in [2.05, 4.69) is 32.2 Å². The zero-order valence-electron chi connectivity index (χ0n) is 17.5. The monoisotopic (exact) mass is 383 g/mol. The van der Waals surface area contributed by atoms with Crippen molar-refractivity contribution in [3.05, 3.63) is 59.2 Å². The summed E-state index contributed by atoms with van der Waals surface area (Å²) in [5.74, 6) is 0.0586. The third-order valence-corrected chi connectivity index (χ3v) is 4.05. The van der Waals surface area contributed by atoms with E-state index < -0.39 is 0 Å². The number of nitrogens with one attached hydrogen (secondary N) is 1. The fourth-order valence-corrected chi connectivity index (χ4v) is 2.67. The fourth-order valence-electron chi connectivity index (χ4n) is 2.67. The van der Waals surface area contributed by atoms with E-state index in [-0.39, 0.29) is 30.0 Å². The van der Waals surface area contributed by atoms with Crippen molar-refractivity contribution in [3.8, 4) is 5.75 Å². The molecule has 0 aliphatic rings. The van der Waals surface area contributed by atoms with Gasteiger partial charge in [0.2, 0.25) is 0 Å². The Morgan fingerprint density at radius 2 is 1.68 bits per heavy atom. The largest absolute Gasteiger partial charge is 0.483 e. The highest BCUT2D eigenvalue weighted by molar-refractivity contribution is 5.93. The molecule has 28 heavy (non-hydrogen) atoms. The van der Waals surface area contributed by atoms with Crippen molar-refractivity contribution in [1.82, 2.24) is 0 Å². The average molecular weight is 383 g/mol. The zero-order valence-corrected chi connectivity index (χ0v) is 17.5. The van der Waals surface area contributed by atoms with Crippen molar-refractivity contribution in [2.75, 3.05) is 11.9 Å². The second-order valence-electron chi connectivity index (χ2n) is 8.12. The number of ether oxygens (including phenoxy) is 2.